The predicted molar refractivity (Wildman–Crippen MR) is 173 cm³/mol. The fraction of sp³-hybridized carbons (Fsp3) is 0.412. The van der Waals surface area contributed by atoms with Crippen LogP contribution in [-0.4, -0.2) is 56.1 Å². The van der Waals surface area contributed by atoms with Crippen LogP contribution in [0.1, 0.15) is 57.2 Å². The topological polar surface area (TPSA) is 96.0 Å². The molecule has 0 fully saturated rings. The van der Waals surface area contributed by atoms with Crippen molar-refractivity contribution in [2.75, 3.05) is 23.7 Å². The number of carbonyl (C=O) groups excluding carboxylic acids is 2. The first-order valence-corrected chi connectivity index (χ1v) is 16.5. The summed E-state index contributed by atoms with van der Waals surface area (Å²) in [6.45, 7) is 10.5. The van der Waals surface area contributed by atoms with Gasteiger partial charge in [-0.15, -0.1) is 0 Å². The van der Waals surface area contributed by atoms with Crippen molar-refractivity contribution in [3.8, 4) is 5.75 Å². The third-order valence-corrected chi connectivity index (χ3v) is 7.99. The molecule has 43 heavy (non-hydrogen) atoms. The summed E-state index contributed by atoms with van der Waals surface area (Å²) in [5.41, 5.74) is 2.93. The van der Waals surface area contributed by atoms with Gasteiger partial charge in [-0.1, -0.05) is 60.2 Å². The zero-order valence-electron chi connectivity index (χ0n) is 26.2. The van der Waals surface area contributed by atoms with E-state index in [0.29, 0.717) is 24.5 Å². The number of ether oxygens (including phenoxy) is 1. The molecule has 0 aliphatic carbocycles. The van der Waals surface area contributed by atoms with Gasteiger partial charge in [0, 0.05) is 31.5 Å². The zero-order chi connectivity index (χ0) is 31.6. The summed E-state index contributed by atoms with van der Waals surface area (Å²) < 4.78 is 32.2. The first-order valence-electron chi connectivity index (χ1n) is 14.7. The Kier molecular flexibility index (Phi) is 11.8. The Morgan fingerprint density at radius 3 is 2.16 bits per heavy atom. The van der Waals surface area contributed by atoms with E-state index in [-0.39, 0.29) is 37.7 Å². The van der Waals surface area contributed by atoms with Gasteiger partial charge in [0.05, 0.1) is 18.6 Å². The number of rotatable bonds is 14. The van der Waals surface area contributed by atoms with Crippen LogP contribution in [0.5, 0.6) is 5.75 Å². The lowest BCUT2D eigenvalue weighted by atomic mass is 10.00. The van der Waals surface area contributed by atoms with Crippen molar-refractivity contribution in [3.63, 3.8) is 0 Å². The van der Waals surface area contributed by atoms with Crippen LogP contribution in [0.4, 0.5) is 5.69 Å². The molecule has 1 N–H and O–H groups in total. The SMILES string of the molecule is CCOc1ccc(N(CCCC(=O)N(Cc2cccc(C)c2)[C@@H](Cc2ccccc2)C(=O)NC(C)(C)C)S(C)(=O)=O)cc1. The fourth-order valence-electron chi connectivity index (χ4n) is 4.89. The molecule has 2 amide bonds. The van der Waals surface area contributed by atoms with E-state index in [0.717, 1.165) is 22.9 Å². The summed E-state index contributed by atoms with van der Waals surface area (Å²) >= 11 is 0. The molecule has 0 spiro atoms. The third-order valence-electron chi connectivity index (χ3n) is 6.79. The molecule has 232 valence electrons. The van der Waals surface area contributed by atoms with Gasteiger partial charge in [-0.3, -0.25) is 13.9 Å². The van der Waals surface area contributed by atoms with Crippen molar-refractivity contribution in [2.45, 2.75) is 72.0 Å². The van der Waals surface area contributed by atoms with Crippen LogP contribution in [0, 0.1) is 6.92 Å². The Labute approximate surface area is 257 Å². The molecule has 0 heterocycles. The minimum absolute atomic E-state index is 0.0724. The van der Waals surface area contributed by atoms with Gasteiger partial charge in [-0.05, 0) is 76.4 Å². The van der Waals surface area contributed by atoms with E-state index in [1.165, 1.54) is 4.31 Å². The van der Waals surface area contributed by atoms with Gasteiger partial charge in [-0.25, -0.2) is 8.42 Å². The Balaban J connectivity index is 1.88. The molecule has 0 unspecified atom stereocenters. The minimum atomic E-state index is -3.60. The van der Waals surface area contributed by atoms with Crippen LogP contribution in [0.25, 0.3) is 0 Å². The van der Waals surface area contributed by atoms with Gasteiger partial charge in [-0.2, -0.15) is 0 Å². The zero-order valence-corrected chi connectivity index (χ0v) is 27.0. The molecule has 1 atom stereocenters. The molecule has 8 nitrogen and oxygen atoms in total. The van der Waals surface area contributed by atoms with Crippen molar-refractivity contribution in [2.24, 2.45) is 0 Å². The second-order valence-electron chi connectivity index (χ2n) is 11.8. The summed E-state index contributed by atoms with van der Waals surface area (Å²) in [6.07, 6.45) is 1.86. The van der Waals surface area contributed by atoms with E-state index in [4.69, 9.17) is 4.74 Å². The maximum Gasteiger partial charge on any atom is 0.243 e. The van der Waals surface area contributed by atoms with Crippen LogP contribution in [0.2, 0.25) is 0 Å². The molecule has 3 aromatic rings. The number of sulfonamides is 1. The second kappa shape index (κ2) is 15.0. The van der Waals surface area contributed by atoms with Crippen LogP contribution in [0.15, 0.2) is 78.9 Å². The smallest absolute Gasteiger partial charge is 0.243 e. The van der Waals surface area contributed by atoms with Crippen LogP contribution in [0.3, 0.4) is 0 Å². The summed E-state index contributed by atoms with van der Waals surface area (Å²) in [6, 6.07) is 23.7. The van der Waals surface area contributed by atoms with Crippen LogP contribution >= 0.6 is 0 Å². The Morgan fingerprint density at radius 1 is 0.930 bits per heavy atom. The van der Waals surface area contributed by atoms with Crippen molar-refractivity contribution in [1.29, 1.82) is 0 Å². The van der Waals surface area contributed by atoms with Crippen LogP contribution < -0.4 is 14.4 Å². The highest BCUT2D eigenvalue weighted by Gasteiger charge is 2.32. The summed E-state index contributed by atoms with van der Waals surface area (Å²) in [5.74, 6) is 0.204. The standard InChI is InChI=1S/C34H45N3O5S/c1-7-42-30-20-18-29(19-21-30)37(43(6,40)41)22-12-17-32(38)36(25-28-16-11-13-26(2)23-28)31(33(39)35-34(3,4)5)24-27-14-9-8-10-15-27/h8-11,13-16,18-21,23,31H,7,12,17,22,24-25H2,1-6H3,(H,35,39)/t31-/m0/s1. The molecule has 3 aromatic carbocycles. The summed E-state index contributed by atoms with van der Waals surface area (Å²) in [4.78, 5) is 29.4. The Hall–Kier alpha value is -3.85. The largest absolute Gasteiger partial charge is 0.494 e. The number of benzene rings is 3. The highest BCUT2D eigenvalue weighted by atomic mass is 32.2. The van der Waals surface area contributed by atoms with E-state index < -0.39 is 21.6 Å². The number of hydrogen-bond acceptors (Lipinski definition) is 5. The number of nitrogens with one attached hydrogen (secondary N) is 1. The maximum absolute atomic E-state index is 14.0. The molecule has 3 rings (SSSR count). The highest BCUT2D eigenvalue weighted by molar-refractivity contribution is 7.92. The van der Waals surface area contributed by atoms with E-state index >= 15 is 0 Å². The number of aryl methyl sites for hydroxylation is 1. The van der Waals surface area contributed by atoms with Crippen molar-refractivity contribution in [1.82, 2.24) is 10.2 Å². The maximum atomic E-state index is 14.0. The van der Waals surface area contributed by atoms with Gasteiger partial charge in [0.15, 0.2) is 0 Å². The Morgan fingerprint density at radius 2 is 1.58 bits per heavy atom. The third kappa shape index (κ3) is 10.7. The second-order valence-corrected chi connectivity index (χ2v) is 13.7. The Bertz CT molecular complexity index is 1450. The molecule has 0 radical (unpaired) electrons. The molecular weight excluding hydrogens is 562 g/mol. The van der Waals surface area contributed by atoms with Gasteiger partial charge >= 0.3 is 0 Å². The van der Waals surface area contributed by atoms with E-state index in [2.05, 4.69) is 5.32 Å². The fourth-order valence-corrected chi connectivity index (χ4v) is 5.86. The molecule has 0 aliphatic rings. The van der Waals surface area contributed by atoms with Crippen LogP contribution in [-0.2, 0) is 32.6 Å². The number of amides is 2. The predicted octanol–water partition coefficient (Wildman–Crippen LogP) is 5.49. The van der Waals surface area contributed by atoms with Crippen molar-refractivity contribution >= 4 is 27.5 Å². The molecule has 0 bridgehead atoms. The molecule has 9 heteroatoms. The lowest BCUT2D eigenvalue weighted by Gasteiger charge is -2.34. The average molecular weight is 608 g/mol. The first kappa shape index (κ1) is 33.6. The highest BCUT2D eigenvalue weighted by Crippen LogP contribution is 2.23. The molecule has 0 saturated heterocycles. The summed E-state index contributed by atoms with van der Waals surface area (Å²) in [7, 11) is -3.60. The first-order chi connectivity index (χ1) is 20.3. The quantitative estimate of drug-likeness (QED) is 0.261. The van der Waals surface area contributed by atoms with Gasteiger partial charge in [0.2, 0.25) is 21.8 Å². The lowest BCUT2D eigenvalue weighted by Crippen LogP contribution is -2.54. The summed E-state index contributed by atoms with van der Waals surface area (Å²) in [5, 5.41) is 3.07. The van der Waals surface area contributed by atoms with Crippen molar-refractivity contribution < 1.29 is 22.7 Å². The number of nitrogens with zero attached hydrogens (tertiary/aromatic N) is 2. The van der Waals surface area contributed by atoms with E-state index in [1.807, 2.05) is 89.2 Å². The van der Waals surface area contributed by atoms with Gasteiger partial charge in [0.25, 0.3) is 0 Å². The molecule has 0 saturated carbocycles. The van der Waals surface area contributed by atoms with E-state index in [1.54, 1.807) is 29.2 Å². The number of anilines is 1. The average Bonchev–Trinajstić information content (AvgIpc) is 2.92. The molecular formula is C34H45N3O5S. The molecule has 0 aliphatic heterocycles. The van der Waals surface area contributed by atoms with Gasteiger partial charge < -0.3 is 15.0 Å². The number of carbonyl (C=O) groups is 2. The monoisotopic (exact) mass is 607 g/mol. The van der Waals surface area contributed by atoms with E-state index in [9.17, 15) is 18.0 Å². The lowest BCUT2D eigenvalue weighted by molar-refractivity contribution is -0.142. The normalized spacial score (nSPS) is 12.3. The molecule has 0 aromatic heterocycles. The van der Waals surface area contributed by atoms with Gasteiger partial charge in [0.1, 0.15) is 11.8 Å². The van der Waals surface area contributed by atoms with Crippen molar-refractivity contribution in [3.05, 3.63) is 95.6 Å². The minimum Gasteiger partial charge on any atom is -0.494 e. The number of hydrogen-bond donors (Lipinski definition) is 1.